The number of benzene rings is 2. The van der Waals surface area contributed by atoms with Crippen molar-refractivity contribution in [2.45, 2.75) is 45.4 Å². The molecular formula is C20H27NO. The fraction of sp³-hybridized carbons (Fsp3) is 0.400. The van der Waals surface area contributed by atoms with Gasteiger partial charge >= 0.3 is 0 Å². The monoisotopic (exact) mass is 297 g/mol. The maximum Gasteiger partial charge on any atom is 0.0769 e. The third-order valence-electron chi connectivity index (χ3n) is 4.33. The molecule has 0 aliphatic rings. The zero-order chi connectivity index (χ0) is 15.8. The smallest absolute Gasteiger partial charge is 0.0769 e. The Balaban J connectivity index is 2.13. The van der Waals surface area contributed by atoms with Gasteiger partial charge in [0.25, 0.3) is 0 Å². The van der Waals surface area contributed by atoms with Crippen molar-refractivity contribution >= 4 is 0 Å². The Morgan fingerprint density at radius 3 is 1.55 bits per heavy atom. The fourth-order valence-corrected chi connectivity index (χ4v) is 2.74. The highest BCUT2D eigenvalue weighted by atomic mass is 16.3. The quantitative estimate of drug-likeness (QED) is 0.788. The molecule has 0 aliphatic carbocycles. The first-order valence-electron chi connectivity index (χ1n) is 8.18. The van der Waals surface area contributed by atoms with Crippen LogP contribution >= 0.6 is 0 Å². The highest BCUT2D eigenvalue weighted by Gasteiger charge is 2.25. The van der Waals surface area contributed by atoms with Crippen LogP contribution in [0.5, 0.6) is 0 Å². The van der Waals surface area contributed by atoms with E-state index in [1.165, 1.54) is 11.1 Å². The maximum atomic E-state index is 10.7. The number of aliphatic hydroxyl groups is 1. The van der Waals surface area contributed by atoms with Gasteiger partial charge in [0.1, 0.15) is 0 Å². The SMILES string of the molecule is CCC(O)(CC)CN(Cc1ccccc1)Cc1ccccc1. The third kappa shape index (κ3) is 4.97. The molecule has 0 heterocycles. The van der Waals surface area contributed by atoms with Crippen LogP contribution < -0.4 is 0 Å². The first-order chi connectivity index (χ1) is 10.6. The standard InChI is InChI=1S/C20H27NO/c1-3-20(22,4-2)17-21(15-18-11-7-5-8-12-18)16-19-13-9-6-10-14-19/h5-14,22H,3-4,15-17H2,1-2H3. The largest absolute Gasteiger partial charge is 0.389 e. The van der Waals surface area contributed by atoms with E-state index in [-0.39, 0.29) is 0 Å². The summed E-state index contributed by atoms with van der Waals surface area (Å²) in [5.41, 5.74) is 1.96. The van der Waals surface area contributed by atoms with Crippen molar-refractivity contribution in [3.05, 3.63) is 71.8 Å². The second kappa shape index (κ2) is 8.11. The number of hydrogen-bond donors (Lipinski definition) is 1. The molecule has 22 heavy (non-hydrogen) atoms. The van der Waals surface area contributed by atoms with E-state index in [0.717, 1.165) is 25.9 Å². The predicted molar refractivity (Wildman–Crippen MR) is 92.5 cm³/mol. The number of nitrogens with zero attached hydrogens (tertiary/aromatic N) is 1. The summed E-state index contributed by atoms with van der Waals surface area (Å²) in [7, 11) is 0. The van der Waals surface area contributed by atoms with Gasteiger partial charge < -0.3 is 5.11 Å². The zero-order valence-electron chi connectivity index (χ0n) is 13.7. The van der Waals surface area contributed by atoms with Gasteiger partial charge in [-0.2, -0.15) is 0 Å². The lowest BCUT2D eigenvalue weighted by atomic mass is 9.96. The normalized spacial score (nSPS) is 11.8. The number of rotatable bonds is 8. The van der Waals surface area contributed by atoms with Crippen molar-refractivity contribution in [2.24, 2.45) is 0 Å². The molecule has 0 spiro atoms. The Morgan fingerprint density at radius 2 is 1.18 bits per heavy atom. The van der Waals surface area contributed by atoms with Crippen molar-refractivity contribution in [1.82, 2.24) is 4.90 Å². The molecular weight excluding hydrogens is 270 g/mol. The second-order valence-corrected chi connectivity index (χ2v) is 6.05. The Morgan fingerprint density at radius 1 is 0.773 bits per heavy atom. The van der Waals surface area contributed by atoms with Crippen LogP contribution in [0, 0.1) is 0 Å². The first kappa shape index (κ1) is 16.7. The highest BCUT2D eigenvalue weighted by molar-refractivity contribution is 5.17. The van der Waals surface area contributed by atoms with E-state index in [9.17, 15) is 5.11 Å². The molecule has 2 rings (SSSR count). The van der Waals surface area contributed by atoms with Gasteiger partial charge in [0.2, 0.25) is 0 Å². The van der Waals surface area contributed by atoms with Crippen molar-refractivity contribution in [3.63, 3.8) is 0 Å². The van der Waals surface area contributed by atoms with E-state index in [4.69, 9.17) is 0 Å². The van der Waals surface area contributed by atoms with Crippen LogP contribution in [-0.4, -0.2) is 22.2 Å². The summed E-state index contributed by atoms with van der Waals surface area (Å²) in [5.74, 6) is 0. The summed E-state index contributed by atoms with van der Waals surface area (Å²) in [6.45, 7) is 6.54. The first-order valence-corrected chi connectivity index (χ1v) is 8.18. The molecule has 0 amide bonds. The van der Waals surface area contributed by atoms with Gasteiger partial charge in [-0.25, -0.2) is 0 Å². The van der Waals surface area contributed by atoms with Gasteiger partial charge in [-0.3, -0.25) is 4.90 Å². The Labute approximate surface area is 134 Å². The summed E-state index contributed by atoms with van der Waals surface area (Å²) in [4.78, 5) is 2.34. The topological polar surface area (TPSA) is 23.5 Å². The van der Waals surface area contributed by atoms with Gasteiger partial charge in [0, 0.05) is 19.6 Å². The zero-order valence-corrected chi connectivity index (χ0v) is 13.7. The molecule has 0 bridgehead atoms. The summed E-state index contributed by atoms with van der Waals surface area (Å²) in [5, 5.41) is 10.7. The molecule has 0 unspecified atom stereocenters. The molecule has 2 aromatic carbocycles. The predicted octanol–water partition coefficient (Wildman–Crippen LogP) is 4.24. The molecule has 2 nitrogen and oxygen atoms in total. The summed E-state index contributed by atoms with van der Waals surface area (Å²) in [6, 6.07) is 21.0. The van der Waals surface area contributed by atoms with E-state index in [0.29, 0.717) is 6.54 Å². The van der Waals surface area contributed by atoms with Gasteiger partial charge in [0.15, 0.2) is 0 Å². The van der Waals surface area contributed by atoms with E-state index in [1.54, 1.807) is 0 Å². The minimum atomic E-state index is -0.608. The van der Waals surface area contributed by atoms with Crippen molar-refractivity contribution in [1.29, 1.82) is 0 Å². The highest BCUT2D eigenvalue weighted by Crippen LogP contribution is 2.20. The lowest BCUT2D eigenvalue weighted by molar-refractivity contribution is -0.00788. The second-order valence-electron chi connectivity index (χ2n) is 6.05. The van der Waals surface area contributed by atoms with E-state index in [2.05, 4.69) is 67.3 Å². The fourth-order valence-electron chi connectivity index (χ4n) is 2.74. The Bertz CT molecular complexity index is 493. The minimum Gasteiger partial charge on any atom is -0.389 e. The molecule has 118 valence electrons. The summed E-state index contributed by atoms with van der Waals surface area (Å²) in [6.07, 6.45) is 1.56. The lowest BCUT2D eigenvalue weighted by Crippen LogP contribution is -2.41. The Hall–Kier alpha value is -1.64. The molecule has 0 radical (unpaired) electrons. The maximum absolute atomic E-state index is 10.7. The van der Waals surface area contributed by atoms with Gasteiger partial charge in [-0.15, -0.1) is 0 Å². The molecule has 0 saturated carbocycles. The van der Waals surface area contributed by atoms with Gasteiger partial charge in [-0.05, 0) is 24.0 Å². The van der Waals surface area contributed by atoms with Gasteiger partial charge in [0.05, 0.1) is 5.60 Å². The minimum absolute atomic E-state index is 0.608. The van der Waals surface area contributed by atoms with E-state index < -0.39 is 5.60 Å². The van der Waals surface area contributed by atoms with Crippen LogP contribution in [-0.2, 0) is 13.1 Å². The van der Waals surface area contributed by atoms with Crippen molar-refractivity contribution < 1.29 is 5.11 Å². The van der Waals surface area contributed by atoms with Crippen molar-refractivity contribution in [2.75, 3.05) is 6.54 Å². The van der Waals surface area contributed by atoms with Crippen LogP contribution in [0.2, 0.25) is 0 Å². The van der Waals surface area contributed by atoms with Crippen LogP contribution in [0.3, 0.4) is 0 Å². The molecule has 0 aromatic heterocycles. The van der Waals surface area contributed by atoms with Crippen LogP contribution in [0.15, 0.2) is 60.7 Å². The van der Waals surface area contributed by atoms with Crippen LogP contribution in [0.1, 0.15) is 37.8 Å². The summed E-state index contributed by atoms with van der Waals surface area (Å²) < 4.78 is 0. The number of hydrogen-bond acceptors (Lipinski definition) is 2. The van der Waals surface area contributed by atoms with E-state index >= 15 is 0 Å². The molecule has 0 saturated heterocycles. The molecule has 0 aliphatic heterocycles. The third-order valence-corrected chi connectivity index (χ3v) is 4.33. The summed E-state index contributed by atoms with van der Waals surface area (Å²) >= 11 is 0. The Kier molecular flexibility index (Phi) is 6.17. The average molecular weight is 297 g/mol. The molecule has 0 atom stereocenters. The average Bonchev–Trinajstić information content (AvgIpc) is 2.56. The van der Waals surface area contributed by atoms with Crippen molar-refractivity contribution in [3.8, 4) is 0 Å². The molecule has 0 fully saturated rings. The van der Waals surface area contributed by atoms with Crippen LogP contribution in [0.4, 0.5) is 0 Å². The van der Waals surface area contributed by atoms with Crippen LogP contribution in [0.25, 0.3) is 0 Å². The molecule has 1 N–H and O–H groups in total. The van der Waals surface area contributed by atoms with E-state index in [1.807, 2.05) is 12.1 Å². The molecule has 2 aromatic rings. The molecule has 2 heteroatoms. The lowest BCUT2D eigenvalue weighted by Gasteiger charge is -2.33. The van der Waals surface area contributed by atoms with Gasteiger partial charge in [-0.1, -0.05) is 74.5 Å².